The molecule has 0 unspecified atom stereocenters. The van der Waals surface area contributed by atoms with Crippen LogP contribution in [0.3, 0.4) is 0 Å². The lowest BCUT2D eigenvalue weighted by Gasteiger charge is -2.25. The van der Waals surface area contributed by atoms with Crippen molar-refractivity contribution in [3.63, 3.8) is 0 Å². The van der Waals surface area contributed by atoms with Gasteiger partial charge in [-0.15, -0.1) is 11.3 Å². The van der Waals surface area contributed by atoms with Crippen LogP contribution in [0.5, 0.6) is 0 Å². The first-order valence-electron chi connectivity index (χ1n) is 8.09. The zero-order chi connectivity index (χ0) is 15.6. The van der Waals surface area contributed by atoms with E-state index in [0.29, 0.717) is 6.04 Å². The van der Waals surface area contributed by atoms with Crippen LogP contribution in [-0.2, 0) is 6.54 Å². The van der Waals surface area contributed by atoms with Crippen LogP contribution in [0.1, 0.15) is 35.7 Å². The summed E-state index contributed by atoms with van der Waals surface area (Å²) in [6.45, 7) is 4.19. The Morgan fingerprint density at radius 3 is 3.00 bits per heavy atom. The first-order chi connectivity index (χ1) is 11.3. The zero-order valence-electron chi connectivity index (χ0n) is 13.2. The van der Waals surface area contributed by atoms with E-state index in [9.17, 15) is 0 Å². The maximum atomic E-state index is 5.66. The van der Waals surface area contributed by atoms with Gasteiger partial charge in [0, 0.05) is 12.6 Å². The monoisotopic (exact) mass is 324 g/mol. The third kappa shape index (κ3) is 2.96. The molecule has 118 valence electrons. The van der Waals surface area contributed by atoms with Crippen LogP contribution < -0.4 is 0 Å². The van der Waals surface area contributed by atoms with Gasteiger partial charge in [-0.2, -0.15) is 0 Å². The smallest absolute Gasteiger partial charge is 0.236 e. The first kappa shape index (κ1) is 14.7. The van der Waals surface area contributed by atoms with Gasteiger partial charge in [-0.25, -0.2) is 4.98 Å². The molecule has 0 bridgehead atoms. The third-order valence-corrected chi connectivity index (χ3v) is 5.42. The van der Waals surface area contributed by atoms with Crippen LogP contribution in [0.15, 0.2) is 52.5 Å². The highest BCUT2D eigenvalue weighted by Gasteiger charge is 2.27. The number of benzene rings is 1. The van der Waals surface area contributed by atoms with Crippen molar-refractivity contribution in [2.24, 2.45) is 0 Å². The van der Waals surface area contributed by atoms with Crippen LogP contribution in [0.4, 0.5) is 0 Å². The molecule has 3 nitrogen and oxygen atoms in total. The molecule has 3 aromatic rings. The average molecular weight is 324 g/mol. The number of hydrogen-bond donors (Lipinski definition) is 0. The van der Waals surface area contributed by atoms with Crippen molar-refractivity contribution in [2.45, 2.75) is 32.4 Å². The van der Waals surface area contributed by atoms with E-state index < -0.39 is 0 Å². The molecule has 0 N–H and O–H groups in total. The first-order valence-corrected chi connectivity index (χ1v) is 8.97. The number of thiophene rings is 1. The Bertz CT molecular complexity index is 778. The van der Waals surface area contributed by atoms with Crippen molar-refractivity contribution in [1.29, 1.82) is 0 Å². The van der Waals surface area contributed by atoms with Crippen molar-refractivity contribution in [1.82, 2.24) is 9.88 Å². The lowest BCUT2D eigenvalue weighted by molar-refractivity contribution is 0.245. The zero-order valence-corrected chi connectivity index (χ0v) is 14.1. The van der Waals surface area contributed by atoms with Crippen molar-refractivity contribution in [3.8, 4) is 10.8 Å². The number of nitrogens with zero attached hydrogens (tertiary/aromatic N) is 2. The van der Waals surface area contributed by atoms with Gasteiger partial charge in [0.15, 0.2) is 0 Å². The van der Waals surface area contributed by atoms with Gasteiger partial charge in [-0.05, 0) is 48.9 Å². The molecule has 0 amide bonds. The number of aryl methyl sites for hydroxylation is 1. The fraction of sp³-hybridized carbons (Fsp3) is 0.316. The lowest BCUT2D eigenvalue weighted by atomic mass is 9.99. The largest absolute Gasteiger partial charge is 0.444 e. The highest BCUT2D eigenvalue weighted by Crippen LogP contribution is 2.35. The topological polar surface area (TPSA) is 29.3 Å². The van der Waals surface area contributed by atoms with E-state index in [-0.39, 0.29) is 0 Å². The van der Waals surface area contributed by atoms with Crippen LogP contribution in [-0.4, -0.2) is 16.4 Å². The van der Waals surface area contributed by atoms with Crippen LogP contribution >= 0.6 is 11.3 Å². The molecule has 0 radical (unpaired) electrons. The molecule has 1 aromatic carbocycles. The maximum absolute atomic E-state index is 5.66. The van der Waals surface area contributed by atoms with E-state index in [1.165, 1.54) is 24.0 Å². The highest BCUT2D eigenvalue weighted by molar-refractivity contribution is 7.13. The summed E-state index contributed by atoms with van der Waals surface area (Å²) >= 11 is 1.66. The van der Waals surface area contributed by atoms with Crippen LogP contribution in [0.25, 0.3) is 10.8 Å². The van der Waals surface area contributed by atoms with Gasteiger partial charge >= 0.3 is 0 Å². The van der Waals surface area contributed by atoms with Crippen LogP contribution in [0, 0.1) is 6.92 Å². The molecule has 2 aromatic heterocycles. The summed E-state index contributed by atoms with van der Waals surface area (Å²) in [7, 11) is 0. The molecule has 0 saturated carbocycles. The minimum absolute atomic E-state index is 0.498. The van der Waals surface area contributed by atoms with Gasteiger partial charge in [0.25, 0.3) is 0 Å². The molecule has 1 saturated heterocycles. The van der Waals surface area contributed by atoms with E-state index in [1.54, 1.807) is 11.3 Å². The summed E-state index contributed by atoms with van der Waals surface area (Å²) in [6, 6.07) is 13.3. The van der Waals surface area contributed by atoms with Crippen molar-refractivity contribution < 1.29 is 4.42 Å². The SMILES string of the molecule is Cc1ccccc1[C@H]1CCCN1Cc1coc(-c2cccs2)n1. The third-order valence-electron chi connectivity index (χ3n) is 4.56. The highest BCUT2D eigenvalue weighted by atomic mass is 32.1. The molecule has 3 heterocycles. The molecule has 4 rings (SSSR count). The lowest BCUT2D eigenvalue weighted by Crippen LogP contribution is -2.23. The molecular formula is C19H20N2OS. The van der Waals surface area contributed by atoms with Gasteiger partial charge in [0.2, 0.25) is 5.89 Å². The maximum Gasteiger partial charge on any atom is 0.236 e. The van der Waals surface area contributed by atoms with Crippen molar-refractivity contribution in [3.05, 3.63) is 64.9 Å². The Labute approximate surface area is 140 Å². The van der Waals surface area contributed by atoms with E-state index in [2.05, 4.69) is 41.1 Å². The van der Waals surface area contributed by atoms with E-state index in [1.807, 2.05) is 23.8 Å². The number of oxazole rings is 1. The van der Waals surface area contributed by atoms with Gasteiger partial charge < -0.3 is 4.42 Å². The fourth-order valence-corrected chi connectivity index (χ4v) is 4.08. The molecule has 4 heteroatoms. The normalized spacial score (nSPS) is 18.6. The number of aromatic nitrogens is 1. The molecule has 1 fully saturated rings. The van der Waals surface area contributed by atoms with Crippen molar-refractivity contribution in [2.75, 3.05) is 6.54 Å². The number of hydrogen-bond acceptors (Lipinski definition) is 4. The molecule has 1 aliphatic rings. The predicted molar refractivity (Wildman–Crippen MR) is 93.4 cm³/mol. The van der Waals surface area contributed by atoms with Gasteiger partial charge in [-0.1, -0.05) is 30.3 Å². The summed E-state index contributed by atoms with van der Waals surface area (Å²) in [4.78, 5) is 8.29. The second-order valence-electron chi connectivity index (χ2n) is 6.11. The Morgan fingerprint density at radius 1 is 1.26 bits per heavy atom. The van der Waals surface area contributed by atoms with Crippen molar-refractivity contribution >= 4 is 11.3 Å². The quantitative estimate of drug-likeness (QED) is 0.672. The molecular weight excluding hydrogens is 304 g/mol. The molecule has 1 aliphatic heterocycles. The van der Waals surface area contributed by atoms with Gasteiger partial charge in [0.05, 0.1) is 10.6 Å². The Balaban J connectivity index is 1.53. The minimum Gasteiger partial charge on any atom is -0.444 e. The van der Waals surface area contributed by atoms with Gasteiger partial charge in [-0.3, -0.25) is 4.90 Å². The fourth-order valence-electron chi connectivity index (χ4n) is 3.43. The Hall–Kier alpha value is -1.91. The second-order valence-corrected chi connectivity index (χ2v) is 7.05. The molecule has 23 heavy (non-hydrogen) atoms. The molecule has 0 spiro atoms. The van der Waals surface area contributed by atoms with Crippen LogP contribution in [0.2, 0.25) is 0 Å². The summed E-state index contributed by atoms with van der Waals surface area (Å²) < 4.78 is 5.66. The summed E-state index contributed by atoms with van der Waals surface area (Å²) in [5, 5.41) is 2.05. The summed E-state index contributed by atoms with van der Waals surface area (Å²) in [6.07, 6.45) is 4.28. The Kier molecular flexibility index (Phi) is 4.02. The van der Waals surface area contributed by atoms with E-state index >= 15 is 0 Å². The standard InChI is InChI=1S/C19H20N2OS/c1-14-6-2-3-7-16(14)17-8-4-10-21(17)12-15-13-22-19(20-15)18-9-5-11-23-18/h2-3,5-7,9,11,13,17H,4,8,10,12H2,1H3/t17-/m1/s1. The average Bonchev–Trinajstić information content (AvgIpc) is 3.29. The molecule has 1 atom stereocenters. The summed E-state index contributed by atoms with van der Waals surface area (Å²) in [5.74, 6) is 0.738. The van der Waals surface area contributed by atoms with E-state index in [0.717, 1.165) is 29.6 Å². The second kappa shape index (κ2) is 6.30. The van der Waals surface area contributed by atoms with E-state index in [4.69, 9.17) is 4.42 Å². The summed E-state index contributed by atoms with van der Waals surface area (Å²) in [5.41, 5.74) is 3.85. The number of rotatable bonds is 4. The van der Waals surface area contributed by atoms with Gasteiger partial charge in [0.1, 0.15) is 6.26 Å². The number of likely N-dealkylation sites (tertiary alicyclic amines) is 1. The predicted octanol–water partition coefficient (Wildman–Crippen LogP) is 5.05. The molecule has 0 aliphatic carbocycles. The Morgan fingerprint density at radius 2 is 2.17 bits per heavy atom. The minimum atomic E-state index is 0.498.